The van der Waals surface area contributed by atoms with Crippen LogP contribution in [-0.4, -0.2) is 37.0 Å². The van der Waals surface area contributed by atoms with Crippen LogP contribution in [0.1, 0.15) is 27.2 Å². The number of hydrogen-bond acceptors (Lipinski definition) is 4. The van der Waals surface area contributed by atoms with Crippen molar-refractivity contribution in [2.45, 2.75) is 19.5 Å². The van der Waals surface area contributed by atoms with E-state index in [4.69, 9.17) is 0 Å². The Morgan fingerprint density at radius 1 is 1.06 bits per heavy atom. The molecule has 4 rings (SSSR count). The lowest BCUT2D eigenvalue weighted by atomic mass is 10.1. The summed E-state index contributed by atoms with van der Waals surface area (Å²) in [4.78, 5) is 16.4. The number of carbonyl (C=O) groups is 1. The Bertz CT molecular complexity index is 1200. The second kappa shape index (κ2) is 8.66. The first-order valence-corrected chi connectivity index (χ1v) is 9.78. The van der Waals surface area contributed by atoms with E-state index in [1.54, 1.807) is 17.8 Å². The molecule has 32 heavy (non-hydrogen) atoms. The molecule has 0 aliphatic heterocycles. The van der Waals surface area contributed by atoms with Crippen molar-refractivity contribution in [3.63, 3.8) is 0 Å². The van der Waals surface area contributed by atoms with Crippen LogP contribution < -0.4 is 5.32 Å². The minimum atomic E-state index is -4.46. The van der Waals surface area contributed by atoms with E-state index < -0.39 is 11.7 Å². The Morgan fingerprint density at radius 2 is 1.84 bits per heavy atom. The van der Waals surface area contributed by atoms with Crippen LogP contribution in [-0.2, 0) is 12.6 Å². The molecule has 0 bridgehead atoms. The minimum absolute atomic E-state index is 0.201. The average molecular weight is 440 g/mol. The zero-order chi connectivity index (χ0) is 22.7. The van der Waals surface area contributed by atoms with E-state index in [0.717, 1.165) is 23.5 Å². The second-order valence-corrected chi connectivity index (χ2v) is 7.08. The summed E-state index contributed by atoms with van der Waals surface area (Å²) in [7, 11) is 0. The van der Waals surface area contributed by atoms with Gasteiger partial charge in [0.15, 0.2) is 5.82 Å². The van der Waals surface area contributed by atoms with Crippen LogP contribution in [0, 0.1) is 6.92 Å². The molecular weight excluding hydrogens is 421 g/mol. The molecule has 1 N–H and O–H groups in total. The summed E-state index contributed by atoms with van der Waals surface area (Å²) in [6.45, 7) is 2.08. The van der Waals surface area contributed by atoms with Gasteiger partial charge in [-0.25, -0.2) is 14.3 Å². The van der Waals surface area contributed by atoms with E-state index in [9.17, 15) is 18.0 Å². The van der Waals surface area contributed by atoms with Crippen molar-refractivity contribution in [3.05, 3.63) is 89.6 Å². The number of hydrogen-bond donors (Lipinski definition) is 1. The number of carbonyl (C=O) groups excluding carboxylic acids is 1. The summed E-state index contributed by atoms with van der Waals surface area (Å²) in [6.07, 6.45) is 1.86. The van der Waals surface area contributed by atoms with E-state index in [1.165, 1.54) is 16.9 Å². The van der Waals surface area contributed by atoms with Gasteiger partial charge >= 0.3 is 6.18 Å². The van der Waals surface area contributed by atoms with Gasteiger partial charge in [-0.3, -0.25) is 4.79 Å². The molecule has 0 saturated carbocycles. The number of amides is 1. The normalized spacial score (nSPS) is 11.5. The van der Waals surface area contributed by atoms with Gasteiger partial charge in [0, 0.05) is 25.1 Å². The topological polar surface area (TPSA) is 77.6 Å². The zero-order valence-corrected chi connectivity index (χ0v) is 17.0. The number of halogens is 3. The molecule has 0 atom stereocenters. The number of nitrogens with zero attached hydrogens (tertiary/aromatic N) is 5. The Morgan fingerprint density at radius 3 is 2.47 bits per heavy atom. The van der Waals surface area contributed by atoms with Gasteiger partial charge < -0.3 is 5.32 Å². The third-order valence-electron chi connectivity index (χ3n) is 4.95. The third kappa shape index (κ3) is 4.53. The fourth-order valence-corrected chi connectivity index (χ4v) is 3.20. The van der Waals surface area contributed by atoms with Crippen LogP contribution in [0.2, 0.25) is 0 Å². The average Bonchev–Trinajstić information content (AvgIpc) is 3.44. The molecule has 1 amide bonds. The van der Waals surface area contributed by atoms with Crippen molar-refractivity contribution in [1.29, 1.82) is 0 Å². The molecule has 0 saturated heterocycles. The van der Waals surface area contributed by atoms with Gasteiger partial charge in [-0.15, -0.1) is 0 Å². The van der Waals surface area contributed by atoms with E-state index in [2.05, 4.69) is 20.5 Å². The largest absolute Gasteiger partial charge is 0.417 e. The molecule has 1 aromatic carbocycles. The van der Waals surface area contributed by atoms with Crippen LogP contribution in [0.15, 0.2) is 67.3 Å². The fraction of sp³-hybridized carbons (Fsp3) is 0.182. The number of benzene rings is 1. The van der Waals surface area contributed by atoms with Crippen molar-refractivity contribution >= 4 is 5.91 Å². The fourth-order valence-electron chi connectivity index (χ4n) is 3.20. The molecule has 4 aromatic rings. The highest BCUT2D eigenvalue weighted by molar-refractivity contribution is 5.95. The number of aromatic nitrogens is 5. The summed E-state index contributed by atoms with van der Waals surface area (Å²) in [5.41, 5.74) is 1.98. The van der Waals surface area contributed by atoms with Gasteiger partial charge in [-0.2, -0.15) is 23.4 Å². The van der Waals surface area contributed by atoms with Crippen LogP contribution in [0.3, 0.4) is 0 Å². The Kier molecular flexibility index (Phi) is 5.76. The smallest absolute Gasteiger partial charge is 0.352 e. The summed E-state index contributed by atoms with van der Waals surface area (Å²) < 4.78 is 41.2. The molecule has 164 valence electrons. The molecule has 0 spiro atoms. The highest BCUT2D eigenvalue weighted by Crippen LogP contribution is 2.28. The quantitative estimate of drug-likeness (QED) is 0.495. The number of pyridine rings is 1. The van der Waals surface area contributed by atoms with Gasteiger partial charge in [0.25, 0.3) is 5.91 Å². The number of nitrogens with one attached hydrogen (secondary N) is 1. The Balaban J connectivity index is 1.36. The molecule has 0 aliphatic rings. The maximum absolute atomic E-state index is 12.7. The zero-order valence-electron chi connectivity index (χ0n) is 17.0. The van der Waals surface area contributed by atoms with Gasteiger partial charge in [-0.05, 0) is 49.2 Å². The van der Waals surface area contributed by atoms with Gasteiger partial charge in [-0.1, -0.05) is 12.1 Å². The number of alkyl halides is 3. The maximum Gasteiger partial charge on any atom is 0.417 e. The van der Waals surface area contributed by atoms with Gasteiger partial charge in [0.05, 0.1) is 28.7 Å². The van der Waals surface area contributed by atoms with Crippen molar-refractivity contribution in [1.82, 2.24) is 29.9 Å². The van der Waals surface area contributed by atoms with Crippen LogP contribution in [0.5, 0.6) is 0 Å². The molecular formula is C22H19F3N6O. The van der Waals surface area contributed by atoms with Gasteiger partial charge in [0.1, 0.15) is 0 Å². The van der Waals surface area contributed by atoms with E-state index >= 15 is 0 Å². The molecule has 0 fully saturated rings. The van der Waals surface area contributed by atoms with E-state index in [1.807, 2.05) is 36.5 Å². The van der Waals surface area contributed by atoms with Crippen LogP contribution in [0.4, 0.5) is 13.2 Å². The highest BCUT2D eigenvalue weighted by atomic mass is 19.4. The first kappa shape index (κ1) is 21.3. The predicted molar refractivity (Wildman–Crippen MR) is 111 cm³/mol. The van der Waals surface area contributed by atoms with E-state index in [0.29, 0.717) is 24.2 Å². The van der Waals surface area contributed by atoms with Crippen LogP contribution >= 0.6 is 0 Å². The SMILES string of the molecule is Cc1c(C(=O)NCCc2ccc(-n3cccn3)cc2)cnn1-c1ccc(C(F)(F)F)cn1. The Hall–Kier alpha value is -3.95. The summed E-state index contributed by atoms with van der Waals surface area (Å²) in [5, 5.41) is 11.1. The molecule has 0 aliphatic carbocycles. The van der Waals surface area contributed by atoms with E-state index in [-0.39, 0.29) is 11.7 Å². The first-order chi connectivity index (χ1) is 15.3. The predicted octanol–water partition coefficient (Wildman–Crippen LogP) is 3.75. The molecule has 3 aromatic heterocycles. The van der Waals surface area contributed by atoms with Crippen LogP contribution in [0.25, 0.3) is 11.5 Å². The van der Waals surface area contributed by atoms with Gasteiger partial charge in [0.2, 0.25) is 0 Å². The summed E-state index contributed by atoms with van der Waals surface area (Å²) in [6, 6.07) is 11.9. The molecule has 0 unspecified atom stereocenters. The molecule has 3 heterocycles. The van der Waals surface area contributed by atoms with Crippen molar-refractivity contribution < 1.29 is 18.0 Å². The standard InChI is InChI=1S/C22H19F3N6O/c1-15-19(14-29-31(15)20-8-5-17(13-27-20)22(23,24)25)21(32)26-11-9-16-3-6-18(7-4-16)30-12-2-10-28-30/h2-8,10,12-14H,9,11H2,1H3,(H,26,32). The molecule has 10 heteroatoms. The van der Waals surface area contributed by atoms with Crippen molar-refractivity contribution in [3.8, 4) is 11.5 Å². The monoisotopic (exact) mass is 440 g/mol. The lowest BCUT2D eigenvalue weighted by molar-refractivity contribution is -0.137. The lowest BCUT2D eigenvalue weighted by Gasteiger charge is -2.09. The van der Waals surface area contributed by atoms with Crippen molar-refractivity contribution in [2.75, 3.05) is 6.54 Å². The second-order valence-electron chi connectivity index (χ2n) is 7.08. The first-order valence-electron chi connectivity index (χ1n) is 9.78. The summed E-state index contributed by atoms with van der Waals surface area (Å²) in [5.74, 6) is -0.111. The summed E-state index contributed by atoms with van der Waals surface area (Å²) >= 11 is 0. The number of rotatable bonds is 6. The molecule has 7 nitrogen and oxygen atoms in total. The lowest BCUT2D eigenvalue weighted by Crippen LogP contribution is -2.26. The maximum atomic E-state index is 12.7. The Labute approximate surface area is 181 Å². The molecule has 0 radical (unpaired) electrons. The highest BCUT2D eigenvalue weighted by Gasteiger charge is 2.30. The minimum Gasteiger partial charge on any atom is -0.352 e. The third-order valence-corrected chi connectivity index (χ3v) is 4.95. The van der Waals surface area contributed by atoms with Crippen molar-refractivity contribution in [2.24, 2.45) is 0 Å².